The Balaban J connectivity index is 2.94. The molecule has 4 nitrogen and oxygen atoms in total. The first-order chi connectivity index (χ1) is 7.10. The molecule has 0 saturated heterocycles. The lowest BCUT2D eigenvalue weighted by atomic mass is 10.3. The van der Waals surface area contributed by atoms with Crippen molar-refractivity contribution in [3.05, 3.63) is 24.3 Å². The lowest BCUT2D eigenvalue weighted by Crippen LogP contribution is -2.08. The van der Waals surface area contributed by atoms with Crippen LogP contribution in [0, 0.1) is 0 Å². The number of benzene rings is 1. The van der Waals surface area contributed by atoms with Crippen LogP contribution in [0.15, 0.2) is 24.3 Å². The molecule has 0 aliphatic heterocycles. The third-order valence-electron chi connectivity index (χ3n) is 1.86. The summed E-state index contributed by atoms with van der Waals surface area (Å²) in [6.07, 6.45) is 0. The van der Waals surface area contributed by atoms with Crippen molar-refractivity contribution >= 4 is 18.6 Å². The molecule has 2 N–H and O–H groups in total. The van der Waals surface area contributed by atoms with Crippen molar-refractivity contribution in [2.75, 3.05) is 18.5 Å². The molecule has 0 bridgehead atoms. The zero-order valence-electron chi connectivity index (χ0n) is 8.93. The van der Waals surface area contributed by atoms with Gasteiger partial charge in [0.15, 0.2) is 0 Å². The molecule has 0 radical (unpaired) electrons. The van der Waals surface area contributed by atoms with Crippen molar-refractivity contribution < 1.29 is 14.0 Å². The minimum atomic E-state index is -3.64. The average molecular weight is 229 g/mol. The number of nitrogens with one attached hydrogen (secondary N) is 1. The highest BCUT2D eigenvalue weighted by Crippen LogP contribution is 2.40. The highest BCUT2D eigenvalue weighted by molar-refractivity contribution is 7.61. The standard InChI is InChI=1S/C10H16NO3P/c1-3-11-9-6-5-7-10(8-9)15(12,13)14-4-2/h5-8,11H,3-4H2,1-2H3,(H,12,13). The average Bonchev–Trinajstić information content (AvgIpc) is 2.19. The van der Waals surface area contributed by atoms with Gasteiger partial charge in [-0.2, -0.15) is 0 Å². The summed E-state index contributed by atoms with van der Waals surface area (Å²) in [6.45, 7) is 4.65. The van der Waals surface area contributed by atoms with Gasteiger partial charge in [-0.15, -0.1) is 0 Å². The lowest BCUT2D eigenvalue weighted by molar-refractivity contribution is 0.284. The maximum Gasteiger partial charge on any atom is 0.358 e. The van der Waals surface area contributed by atoms with E-state index in [9.17, 15) is 9.46 Å². The van der Waals surface area contributed by atoms with Gasteiger partial charge in [-0.1, -0.05) is 6.07 Å². The summed E-state index contributed by atoms with van der Waals surface area (Å²) >= 11 is 0. The fourth-order valence-electron chi connectivity index (χ4n) is 1.25. The van der Waals surface area contributed by atoms with Gasteiger partial charge in [0.2, 0.25) is 0 Å². The molecule has 1 rings (SSSR count). The van der Waals surface area contributed by atoms with Gasteiger partial charge in [0.1, 0.15) is 0 Å². The first-order valence-electron chi connectivity index (χ1n) is 4.92. The van der Waals surface area contributed by atoms with Gasteiger partial charge in [-0.25, -0.2) is 0 Å². The number of anilines is 1. The van der Waals surface area contributed by atoms with Crippen molar-refractivity contribution in [2.45, 2.75) is 13.8 Å². The van der Waals surface area contributed by atoms with Crippen molar-refractivity contribution in [1.82, 2.24) is 0 Å². The normalized spacial score (nSPS) is 14.6. The monoisotopic (exact) mass is 229 g/mol. The summed E-state index contributed by atoms with van der Waals surface area (Å²) in [6, 6.07) is 6.81. The fraction of sp³-hybridized carbons (Fsp3) is 0.400. The third kappa shape index (κ3) is 3.34. The van der Waals surface area contributed by atoms with E-state index in [4.69, 9.17) is 4.52 Å². The van der Waals surface area contributed by atoms with Crippen LogP contribution in [0.5, 0.6) is 0 Å². The molecule has 1 atom stereocenters. The molecule has 0 amide bonds. The molecule has 0 aliphatic carbocycles. The Bertz CT molecular complexity index is 367. The largest absolute Gasteiger partial charge is 0.385 e. The van der Waals surface area contributed by atoms with Gasteiger partial charge >= 0.3 is 7.60 Å². The van der Waals surface area contributed by atoms with Gasteiger partial charge < -0.3 is 14.7 Å². The molecule has 15 heavy (non-hydrogen) atoms. The van der Waals surface area contributed by atoms with Crippen LogP contribution in [0.2, 0.25) is 0 Å². The molecule has 84 valence electrons. The molecule has 1 unspecified atom stereocenters. The van der Waals surface area contributed by atoms with E-state index >= 15 is 0 Å². The van der Waals surface area contributed by atoms with Crippen LogP contribution in [-0.2, 0) is 9.09 Å². The maximum absolute atomic E-state index is 11.7. The topological polar surface area (TPSA) is 58.6 Å². The second-order valence-corrected chi connectivity index (χ2v) is 4.83. The number of rotatable bonds is 5. The first kappa shape index (κ1) is 12.2. The van der Waals surface area contributed by atoms with E-state index in [-0.39, 0.29) is 6.61 Å². The molecule has 0 heterocycles. The van der Waals surface area contributed by atoms with E-state index < -0.39 is 7.60 Å². The van der Waals surface area contributed by atoms with Crippen LogP contribution in [0.1, 0.15) is 13.8 Å². The first-order valence-corrected chi connectivity index (χ1v) is 6.49. The predicted octanol–water partition coefficient (Wildman–Crippen LogP) is 1.97. The third-order valence-corrected chi connectivity index (χ3v) is 3.40. The maximum atomic E-state index is 11.7. The van der Waals surface area contributed by atoms with Gasteiger partial charge in [-0.05, 0) is 32.0 Å². The van der Waals surface area contributed by atoms with E-state index in [1.54, 1.807) is 25.1 Å². The Morgan fingerprint density at radius 1 is 1.47 bits per heavy atom. The van der Waals surface area contributed by atoms with E-state index in [0.717, 1.165) is 12.2 Å². The Kier molecular flexibility index (Phi) is 4.33. The molecule has 1 aromatic rings. The Hall–Kier alpha value is -0.830. The smallest absolute Gasteiger partial charge is 0.358 e. The number of hydrogen-bond donors (Lipinski definition) is 2. The second-order valence-electron chi connectivity index (χ2n) is 3.02. The summed E-state index contributed by atoms with van der Waals surface area (Å²) < 4.78 is 16.5. The van der Waals surface area contributed by atoms with Crippen molar-refractivity contribution in [3.8, 4) is 0 Å². The van der Waals surface area contributed by atoms with Crippen LogP contribution in [0.25, 0.3) is 0 Å². The molecule has 0 spiro atoms. The molecule has 1 aromatic carbocycles. The molecule has 0 aromatic heterocycles. The fourth-order valence-corrected chi connectivity index (χ4v) is 2.32. The predicted molar refractivity (Wildman–Crippen MR) is 61.7 cm³/mol. The summed E-state index contributed by atoms with van der Waals surface area (Å²) in [5, 5.41) is 3.40. The summed E-state index contributed by atoms with van der Waals surface area (Å²) in [7, 11) is -3.64. The van der Waals surface area contributed by atoms with E-state index in [0.29, 0.717) is 5.30 Å². The minimum absolute atomic E-state index is 0.221. The van der Waals surface area contributed by atoms with Gasteiger partial charge in [-0.3, -0.25) is 4.57 Å². The zero-order chi connectivity index (χ0) is 11.3. The number of hydrogen-bond acceptors (Lipinski definition) is 3. The lowest BCUT2D eigenvalue weighted by Gasteiger charge is -2.12. The van der Waals surface area contributed by atoms with Crippen molar-refractivity contribution in [3.63, 3.8) is 0 Å². The van der Waals surface area contributed by atoms with Crippen LogP contribution in [0.3, 0.4) is 0 Å². The van der Waals surface area contributed by atoms with E-state index in [1.165, 1.54) is 0 Å². The minimum Gasteiger partial charge on any atom is -0.385 e. The molecule has 5 heteroatoms. The van der Waals surface area contributed by atoms with Crippen molar-refractivity contribution in [2.24, 2.45) is 0 Å². The molecule has 0 saturated carbocycles. The highest BCUT2D eigenvalue weighted by atomic mass is 31.2. The van der Waals surface area contributed by atoms with Crippen LogP contribution in [0.4, 0.5) is 5.69 Å². The summed E-state index contributed by atoms with van der Waals surface area (Å²) in [4.78, 5) is 9.58. The Morgan fingerprint density at radius 2 is 2.20 bits per heavy atom. The van der Waals surface area contributed by atoms with Crippen LogP contribution in [-0.4, -0.2) is 18.0 Å². The van der Waals surface area contributed by atoms with E-state index in [2.05, 4.69) is 5.32 Å². The zero-order valence-corrected chi connectivity index (χ0v) is 9.83. The SMILES string of the molecule is CCNc1cccc(P(=O)(O)OCC)c1. The molecular formula is C10H16NO3P. The van der Waals surface area contributed by atoms with Crippen LogP contribution < -0.4 is 10.6 Å². The molecular weight excluding hydrogens is 213 g/mol. The summed E-state index contributed by atoms with van der Waals surface area (Å²) in [5.41, 5.74) is 0.823. The second kappa shape index (κ2) is 5.31. The van der Waals surface area contributed by atoms with E-state index in [1.807, 2.05) is 13.0 Å². The van der Waals surface area contributed by atoms with Gasteiger partial charge in [0.05, 0.1) is 11.9 Å². The Labute approximate surface area is 89.8 Å². The summed E-state index contributed by atoms with van der Waals surface area (Å²) in [5.74, 6) is 0. The van der Waals surface area contributed by atoms with Crippen LogP contribution >= 0.6 is 7.60 Å². The molecule has 0 fully saturated rings. The van der Waals surface area contributed by atoms with Gasteiger partial charge in [0, 0.05) is 12.2 Å². The molecule has 0 aliphatic rings. The quantitative estimate of drug-likeness (QED) is 0.758. The highest BCUT2D eigenvalue weighted by Gasteiger charge is 2.21. The van der Waals surface area contributed by atoms with Gasteiger partial charge in [0.25, 0.3) is 0 Å². The van der Waals surface area contributed by atoms with Crippen molar-refractivity contribution in [1.29, 1.82) is 0 Å². The Morgan fingerprint density at radius 3 is 2.80 bits per heavy atom.